The van der Waals surface area contributed by atoms with Crippen molar-refractivity contribution in [3.05, 3.63) is 36.3 Å². The van der Waals surface area contributed by atoms with E-state index in [4.69, 9.17) is 5.73 Å². The van der Waals surface area contributed by atoms with Crippen molar-refractivity contribution >= 4 is 5.69 Å². The Balaban J connectivity index is 2.39. The number of rotatable bonds is 2. The number of nitrogens with two attached hydrogens (primary N) is 1. The van der Waals surface area contributed by atoms with Gasteiger partial charge in [-0.2, -0.15) is 0 Å². The molecule has 0 saturated carbocycles. The SMILES string of the molecule is CCc1ncc(-c2cccc(N)c2)[nH]1. The first kappa shape index (κ1) is 8.81. The monoisotopic (exact) mass is 187 g/mol. The molecule has 0 radical (unpaired) electrons. The molecule has 0 fully saturated rings. The molecule has 1 aromatic carbocycles. The second-order valence-electron chi connectivity index (χ2n) is 3.22. The van der Waals surface area contributed by atoms with Crippen molar-refractivity contribution in [1.29, 1.82) is 0 Å². The summed E-state index contributed by atoms with van der Waals surface area (Å²) in [6, 6.07) is 7.77. The zero-order chi connectivity index (χ0) is 9.97. The summed E-state index contributed by atoms with van der Waals surface area (Å²) in [6.07, 6.45) is 2.76. The van der Waals surface area contributed by atoms with Crippen LogP contribution in [0.25, 0.3) is 11.3 Å². The number of anilines is 1. The topological polar surface area (TPSA) is 54.7 Å². The maximum atomic E-state index is 5.70. The first-order chi connectivity index (χ1) is 6.79. The quantitative estimate of drug-likeness (QED) is 0.708. The van der Waals surface area contributed by atoms with E-state index in [0.29, 0.717) is 0 Å². The van der Waals surface area contributed by atoms with Crippen molar-refractivity contribution in [2.75, 3.05) is 5.73 Å². The molecule has 72 valence electrons. The van der Waals surface area contributed by atoms with Crippen molar-refractivity contribution < 1.29 is 0 Å². The molecule has 0 amide bonds. The van der Waals surface area contributed by atoms with Crippen LogP contribution in [0.5, 0.6) is 0 Å². The van der Waals surface area contributed by atoms with Crippen LogP contribution in [0.4, 0.5) is 5.69 Å². The van der Waals surface area contributed by atoms with Crippen molar-refractivity contribution in [3.8, 4) is 11.3 Å². The van der Waals surface area contributed by atoms with E-state index in [1.54, 1.807) is 0 Å². The number of aromatic amines is 1. The van der Waals surface area contributed by atoms with Gasteiger partial charge in [-0.05, 0) is 12.1 Å². The van der Waals surface area contributed by atoms with Gasteiger partial charge in [0, 0.05) is 17.7 Å². The minimum absolute atomic E-state index is 0.773. The Morgan fingerprint density at radius 3 is 2.93 bits per heavy atom. The van der Waals surface area contributed by atoms with E-state index in [2.05, 4.69) is 16.9 Å². The number of benzene rings is 1. The standard InChI is InChI=1S/C11H13N3/c1-2-11-13-7-10(14-11)8-4-3-5-9(12)6-8/h3-7H,2,12H2,1H3,(H,13,14). The highest BCUT2D eigenvalue weighted by atomic mass is 14.9. The summed E-state index contributed by atoms with van der Waals surface area (Å²) in [5.41, 5.74) is 8.58. The Morgan fingerprint density at radius 1 is 1.43 bits per heavy atom. The number of hydrogen-bond acceptors (Lipinski definition) is 2. The molecule has 3 heteroatoms. The molecule has 0 aliphatic heterocycles. The fourth-order valence-corrected chi connectivity index (χ4v) is 1.40. The van der Waals surface area contributed by atoms with E-state index < -0.39 is 0 Å². The number of nitrogens with one attached hydrogen (secondary N) is 1. The van der Waals surface area contributed by atoms with Crippen LogP contribution in [0.1, 0.15) is 12.7 Å². The summed E-state index contributed by atoms with van der Waals surface area (Å²) in [5, 5.41) is 0. The third-order valence-electron chi connectivity index (χ3n) is 2.16. The number of imidazole rings is 1. The summed E-state index contributed by atoms with van der Waals surface area (Å²) < 4.78 is 0. The van der Waals surface area contributed by atoms with Gasteiger partial charge < -0.3 is 10.7 Å². The van der Waals surface area contributed by atoms with E-state index in [0.717, 1.165) is 29.2 Å². The van der Waals surface area contributed by atoms with Crippen molar-refractivity contribution in [3.63, 3.8) is 0 Å². The van der Waals surface area contributed by atoms with Gasteiger partial charge in [0.15, 0.2) is 0 Å². The number of aromatic nitrogens is 2. The summed E-state index contributed by atoms with van der Waals surface area (Å²) in [6.45, 7) is 2.07. The second kappa shape index (κ2) is 3.54. The van der Waals surface area contributed by atoms with Crippen molar-refractivity contribution in [2.24, 2.45) is 0 Å². The normalized spacial score (nSPS) is 10.4. The van der Waals surface area contributed by atoms with Crippen molar-refractivity contribution in [2.45, 2.75) is 13.3 Å². The predicted octanol–water partition coefficient (Wildman–Crippen LogP) is 2.22. The zero-order valence-corrected chi connectivity index (χ0v) is 8.12. The molecule has 2 aromatic rings. The summed E-state index contributed by atoms with van der Waals surface area (Å²) in [7, 11) is 0. The number of hydrogen-bond donors (Lipinski definition) is 2. The minimum Gasteiger partial charge on any atom is -0.399 e. The molecule has 2 rings (SSSR count). The Bertz CT molecular complexity index is 432. The van der Waals surface area contributed by atoms with Crippen molar-refractivity contribution in [1.82, 2.24) is 9.97 Å². The van der Waals surface area contributed by atoms with Gasteiger partial charge in [0.25, 0.3) is 0 Å². The number of nitrogens with zero attached hydrogens (tertiary/aromatic N) is 1. The Hall–Kier alpha value is -1.77. The lowest BCUT2D eigenvalue weighted by Gasteiger charge is -1.98. The summed E-state index contributed by atoms with van der Waals surface area (Å²) in [5.74, 6) is 1.00. The molecule has 3 N–H and O–H groups in total. The average Bonchev–Trinajstić information content (AvgIpc) is 2.66. The third-order valence-corrected chi connectivity index (χ3v) is 2.16. The van der Waals surface area contributed by atoms with E-state index in [1.165, 1.54) is 0 Å². The second-order valence-corrected chi connectivity index (χ2v) is 3.22. The molecule has 14 heavy (non-hydrogen) atoms. The molecule has 0 saturated heterocycles. The molecule has 0 atom stereocenters. The summed E-state index contributed by atoms with van der Waals surface area (Å²) >= 11 is 0. The van der Waals surface area contributed by atoms with Crippen LogP contribution in [0.2, 0.25) is 0 Å². The number of aryl methyl sites for hydroxylation is 1. The molecule has 0 bridgehead atoms. The molecule has 1 aromatic heterocycles. The predicted molar refractivity (Wildman–Crippen MR) is 57.8 cm³/mol. The van der Waals surface area contributed by atoms with Gasteiger partial charge in [-0.1, -0.05) is 19.1 Å². The van der Waals surface area contributed by atoms with E-state index in [9.17, 15) is 0 Å². The lowest BCUT2D eigenvalue weighted by atomic mass is 10.1. The minimum atomic E-state index is 0.773. The van der Waals surface area contributed by atoms with Crippen LogP contribution < -0.4 is 5.73 Å². The Morgan fingerprint density at radius 2 is 2.29 bits per heavy atom. The molecule has 3 nitrogen and oxygen atoms in total. The maximum absolute atomic E-state index is 5.70. The Kier molecular flexibility index (Phi) is 2.23. The number of H-pyrrole nitrogens is 1. The summed E-state index contributed by atoms with van der Waals surface area (Å²) in [4.78, 5) is 7.48. The lowest BCUT2D eigenvalue weighted by Crippen LogP contribution is -1.85. The van der Waals surface area contributed by atoms with Gasteiger partial charge >= 0.3 is 0 Å². The molecule has 0 spiro atoms. The largest absolute Gasteiger partial charge is 0.399 e. The van der Waals surface area contributed by atoms with Gasteiger partial charge in [-0.3, -0.25) is 0 Å². The van der Waals surface area contributed by atoms with Gasteiger partial charge in [0.05, 0.1) is 11.9 Å². The smallest absolute Gasteiger partial charge is 0.106 e. The molecule has 0 aliphatic rings. The van der Waals surface area contributed by atoms with Crippen LogP contribution in [0, 0.1) is 0 Å². The first-order valence-corrected chi connectivity index (χ1v) is 4.69. The molecule has 0 unspecified atom stereocenters. The lowest BCUT2D eigenvalue weighted by molar-refractivity contribution is 0.991. The highest BCUT2D eigenvalue weighted by Gasteiger charge is 2.01. The van der Waals surface area contributed by atoms with Crippen LogP contribution in [-0.4, -0.2) is 9.97 Å². The molecule has 0 aliphatic carbocycles. The average molecular weight is 187 g/mol. The van der Waals surface area contributed by atoms with E-state index >= 15 is 0 Å². The van der Waals surface area contributed by atoms with Gasteiger partial charge in [0.1, 0.15) is 5.82 Å². The maximum Gasteiger partial charge on any atom is 0.106 e. The first-order valence-electron chi connectivity index (χ1n) is 4.69. The molecular formula is C11H13N3. The van der Waals surface area contributed by atoms with Crippen LogP contribution in [0.3, 0.4) is 0 Å². The zero-order valence-electron chi connectivity index (χ0n) is 8.12. The van der Waals surface area contributed by atoms with E-state index in [-0.39, 0.29) is 0 Å². The van der Waals surface area contributed by atoms with Gasteiger partial charge in [-0.25, -0.2) is 4.98 Å². The third kappa shape index (κ3) is 1.62. The molecule has 1 heterocycles. The highest BCUT2D eigenvalue weighted by molar-refractivity contribution is 5.63. The molecular weight excluding hydrogens is 174 g/mol. The van der Waals surface area contributed by atoms with Crippen LogP contribution in [-0.2, 0) is 6.42 Å². The fraction of sp³-hybridized carbons (Fsp3) is 0.182. The van der Waals surface area contributed by atoms with Crippen LogP contribution >= 0.6 is 0 Å². The van der Waals surface area contributed by atoms with Gasteiger partial charge in [0.2, 0.25) is 0 Å². The van der Waals surface area contributed by atoms with Crippen LogP contribution in [0.15, 0.2) is 30.5 Å². The van der Waals surface area contributed by atoms with E-state index in [1.807, 2.05) is 30.5 Å². The highest BCUT2D eigenvalue weighted by Crippen LogP contribution is 2.19. The Labute approximate surface area is 83.0 Å². The number of nitrogen functional groups attached to an aromatic ring is 1. The van der Waals surface area contributed by atoms with Gasteiger partial charge in [-0.15, -0.1) is 0 Å². The fourth-order valence-electron chi connectivity index (χ4n) is 1.40.